The molecule has 0 spiro atoms. The molecule has 0 N–H and O–H groups in total. The van der Waals surface area contributed by atoms with Crippen molar-refractivity contribution >= 4 is 60.4 Å². The topological polar surface area (TPSA) is 8.17 Å². The highest BCUT2D eigenvalue weighted by Crippen LogP contribution is 2.48. The van der Waals surface area contributed by atoms with E-state index in [1.807, 2.05) is 0 Å². The van der Waals surface area contributed by atoms with Gasteiger partial charge in [0.2, 0.25) is 0 Å². The van der Waals surface area contributed by atoms with E-state index in [0.29, 0.717) is 0 Å². The van der Waals surface area contributed by atoms with Gasteiger partial charge in [-0.05, 0) is 116 Å². The van der Waals surface area contributed by atoms with Crippen LogP contribution in [0.15, 0.2) is 255 Å². The minimum atomic E-state index is 1.07. The smallest absolute Gasteiger partial charge is 0.0561 e. The molecule has 12 rings (SSSR count). The van der Waals surface area contributed by atoms with Crippen LogP contribution in [0.25, 0.3) is 93.5 Å². The third-order valence-electron chi connectivity index (χ3n) is 12.8. The predicted octanol–water partition coefficient (Wildman–Crippen LogP) is 17.2. The molecule has 0 aliphatic rings. The van der Waals surface area contributed by atoms with Crippen molar-refractivity contribution < 1.29 is 0 Å². The first kappa shape index (κ1) is 37.3. The molecule has 0 saturated carbocycles. The Morgan fingerprint density at radius 3 is 1.55 bits per heavy atom. The quantitative estimate of drug-likeness (QED) is 0.148. The highest BCUT2D eigenvalue weighted by atomic mass is 15.1. The maximum Gasteiger partial charge on any atom is 0.0561 e. The van der Waals surface area contributed by atoms with E-state index in [1.54, 1.807) is 0 Å². The van der Waals surface area contributed by atoms with Crippen molar-refractivity contribution in [3.05, 3.63) is 255 Å². The molecule has 0 unspecified atom stereocenters. The van der Waals surface area contributed by atoms with Crippen molar-refractivity contribution in [2.75, 3.05) is 4.90 Å². The van der Waals surface area contributed by atoms with Crippen LogP contribution in [0.5, 0.6) is 0 Å². The lowest BCUT2D eigenvalue weighted by atomic mass is 9.93. The number of para-hydroxylation sites is 3. The average molecular weight is 815 g/mol. The summed E-state index contributed by atoms with van der Waals surface area (Å²) in [5.41, 5.74) is 16.1. The van der Waals surface area contributed by atoms with Gasteiger partial charge in [-0.2, -0.15) is 0 Å². The second-order valence-electron chi connectivity index (χ2n) is 16.5. The van der Waals surface area contributed by atoms with Crippen LogP contribution in [-0.2, 0) is 0 Å². The van der Waals surface area contributed by atoms with Crippen LogP contribution < -0.4 is 4.90 Å². The molecule has 0 fully saturated rings. The average Bonchev–Trinajstić information content (AvgIpc) is 3.70. The van der Waals surface area contributed by atoms with Gasteiger partial charge in [0.05, 0.1) is 22.4 Å². The first-order valence-electron chi connectivity index (χ1n) is 22.0. The molecule has 64 heavy (non-hydrogen) atoms. The molecular weight excluding hydrogens is 773 g/mol. The molecule has 0 bridgehead atoms. The highest BCUT2D eigenvalue weighted by molar-refractivity contribution is 6.11. The zero-order valence-electron chi connectivity index (χ0n) is 35.1. The minimum absolute atomic E-state index is 1.07. The molecule has 0 radical (unpaired) electrons. The van der Waals surface area contributed by atoms with Gasteiger partial charge in [0, 0.05) is 33.3 Å². The van der Waals surface area contributed by atoms with Gasteiger partial charge >= 0.3 is 0 Å². The van der Waals surface area contributed by atoms with Crippen LogP contribution in [0.2, 0.25) is 0 Å². The number of hydrogen-bond donors (Lipinski definition) is 0. The van der Waals surface area contributed by atoms with Crippen LogP contribution in [0.1, 0.15) is 0 Å². The van der Waals surface area contributed by atoms with Crippen molar-refractivity contribution in [3.63, 3.8) is 0 Å². The van der Waals surface area contributed by atoms with Crippen LogP contribution in [0.3, 0.4) is 0 Å². The fourth-order valence-electron chi connectivity index (χ4n) is 9.61. The molecule has 300 valence electrons. The molecule has 1 aromatic heterocycles. The summed E-state index contributed by atoms with van der Waals surface area (Å²) in [6.45, 7) is 0. The van der Waals surface area contributed by atoms with E-state index >= 15 is 0 Å². The van der Waals surface area contributed by atoms with Crippen molar-refractivity contribution in [2.24, 2.45) is 0 Å². The lowest BCUT2D eigenvalue weighted by molar-refractivity contribution is 1.18. The number of aromatic nitrogens is 1. The van der Waals surface area contributed by atoms with Crippen molar-refractivity contribution in [2.45, 2.75) is 0 Å². The molecule has 1 heterocycles. The molecular formula is C62H42N2. The summed E-state index contributed by atoms with van der Waals surface area (Å²) >= 11 is 0. The van der Waals surface area contributed by atoms with Crippen LogP contribution in [-0.4, -0.2) is 4.57 Å². The third-order valence-corrected chi connectivity index (χ3v) is 12.8. The van der Waals surface area contributed by atoms with Gasteiger partial charge in [-0.3, -0.25) is 0 Å². The van der Waals surface area contributed by atoms with Crippen molar-refractivity contribution in [1.82, 2.24) is 4.57 Å². The second kappa shape index (κ2) is 15.8. The molecule has 12 aromatic rings. The van der Waals surface area contributed by atoms with Crippen LogP contribution in [0, 0.1) is 0 Å². The highest BCUT2D eigenvalue weighted by Gasteiger charge is 2.23. The number of benzene rings is 11. The molecule has 2 heteroatoms. The Hall–Kier alpha value is -8.46. The zero-order valence-corrected chi connectivity index (χ0v) is 35.1. The van der Waals surface area contributed by atoms with Crippen LogP contribution in [0.4, 0.5) is 17.1 Å². The lowest BCUT2D eigenvalue weighted by Gasteiger charge is -2.30. The summed E-state index contributed by atoms with van der Waals surface area (Å²) < 4.78 is 2.41. The molecule has 0 atom stereocenters. The Morgan fingerprint density at radius 1 is 0.266 bits per heavy atom. The van der Waals surface area contributed by atoms with E-state index in [0.717, 1.165) is 50.5 Å². The maximum absolute atomic E-state index is 2.49. The maximum atomic E-state index is 2.49. The van der Waals surface area contributed by atoms with E-state index in [2.05, 4.69) is 264 Å². The normalized spacial score (nSPS) is 11.4. The number of anilines is 3. The zero-order chi connectivity index (χ0) is 42.4. The number of hydrogen-bond acceptors (Lipinski definition) is 1. The lowest BCUT2D eigenvalue weighted by Crippen LogP contribution is -2.13. The Labute approximate surface area is 373 Å². The monoisotopic (exact) mass is 814 g/mol. The SMILES string of the molecule is c1ccc(-c2ccc(-c3ccccc3N(c3ccc4c5ccccc5n(-c5ccccc5)c4c3)c3ccc(-c4ccc5ccccc5c4)cc3-c3ccc4ccccc4c3)cc2)cc1. The number of fused-ring (bicyclic) bond motifs is 5. The summed E-state index contributed by atoms with van der Waals surface area (Å²) in [6, 6.07) is 93.0. The summed E-state index contributed by atoms with van der Waals surface area (Å²) in [4.78, 5) is 2.49. The number of nitrogens with zero attached hydrogens (tertiary/aromatic N) is 2. The Kier molecular flexibility index (Phi) is 9.20. The molecule has 11 aromatic carbocycles. The molecule has 0 amide bonds. The van der Waals surface area contributed by atoms with Gasteiger partial charge in [0.1, 0.15) is 0 Å². The molecule has 0 saturated heterocycles. The van der Waals surface area contributed by atoms with E-state index in [9.17, 15) is 0 Å². The third kappa shape index (κ3) is 6.61. The summed E-state index contributed by atoms with van der Waals surface area (Å²) in [5, 5.41) is 7.34. The Morgan fingerprint density at radius 2 is 0.781 bits per heavy atom. The predicted molar refractivity (Wildman–Crippen MR) is 272 cm³/mol. The van der Waals surface area contributed by atoms with Gasteiger partial charge in [0.15, 0.2) is 0 Å². The first-order valence-corrected chi connectivity index (χ1v) is 22.0. The van der Waals surface area contributed by atoms with Crippen LogP contribution >= 0.6 is 0 Å². The summed E-state index contributed by atoms with van der Waals surface area (Å²) in [6.07, 6.45) is 0. The summed E-state index contributed by atoms with van der Waals surface area (Å²) in [5.74, 6) is 0. The minimum Gasteiger partial charge on any atom is -0.309 e. The van der Waals surface area contributed by atoms with Crippen molar-refractivity contribution in [1.29, 1.82) is 0 Å². The Bertz CT molecular complexity index is 3660. The first-order chi connectivity index (χ1) is 31.7. The van der Waals surface area contributed by atoms with Crippen molar-refractivity contribution in [3.8, 4) is 50.2 Å². The summed E-state index contributed by atoms with van der Waals surface area (Å²) in [7, 11) is 0. The van der Waals surface area contributed by atoms with E-state index in [1.165, 1.54) is 60.1 Å². The van der Waals surface area contributed by atoms with Gasteiger partial charge in [-0.1, -0.05) is 194 Å². The van der Waals surface area contributed by atoms with Gasteiger partial charge in [0.25, 0.3) is 0 Å². The largest absolute Gasteiger partial charge is 0.309 e. The number of rotatable bonds is 8. The molecule has 2 nitrogen and oxygen atoms in total. The fourth-order valence-corrected chi connectivity index (χ4v) is 9.61. The standard InChI is InChI=1S/C62H42N2/c1-3-15-43(16-4-1)46-27-31-47(32-28-46)55-23-11-13-25-59(55)64(54-36-37-57-56-24-12-14-26-60(56)63(62(57)42-54)53-21-5-2-6-22-53)61-38-35-51(50-33-29-44-17-7-9-19-48(44)39-50)41-58(61)52-34-30-45-18-8-10-20-49(45)40-52/h1-42H. The van der Waals surface area contributed by atoms with Gasteiger partial charge in [-0.25, -0.2) is 0 Å². The fraction of sp³-hybridized carbons (Fsp3) is 0. The second-order valence-corrected chi connectivity index (χ2v) is 16.5. The van der Waals surface area contributed by atoms with E-state index in [4.69, 9.17) is 0 Å². The van der Waals surface area contributed by atoms with E-state index < -0.39 is 0 Å². The van der Waals surface area contributed by atoms with Gasteiger partial charge in [-0.15, -0.1) is 0 Å². The Balaban J connectivity index is 1.13. The van der Waals surface area contributed by atoms with E-state index in [-0.39, 0.29) is 0 Å². The van der Waals surface area contributed by atoms with Gasteiger partial charge < -0.3 is 9.47 Å². The molecule has 0 aliphatic heterocycles. The molecule has 0 aliphatic carbocycles.